The zero-order chi connectivity index (χ0) is 15.5. The average Bonchev–Trinajstić information content (AvgIpc) is 2.98. The minimum absolute atomic E-state index is 0.216. The Kier molecular flexibility index (Phi) is 3.92. The zero-order valence-corrected chi connectivity index (χ0v) is 12.7. The normalized spacial score (nSPS) is 11.0. The Morgan fingerprint density at radius 1 is 0.955 bits per heavy atom. The van der Waals surface area contributed by atoms with Crippen LogP contribution in [-0.2, 0) is 6.42 Å². The SMILES string of the molecule is CC(C)Cc1ccc(-c2nc(-c3ccc(O)cc3)no2)cc1. The fraction of sp³-hybridized carbons (Fsp3) is 0.222. The third-order valence-corrected chi connectivity index (χ3v) is 3.40. The second-order valence-electron chi connectivity index (χ2n) is 5.76. The van der Waals surface area contributed by atoms with Gasteiger partial charge in [0.05, 0.1) is 0 Å². The van der Waals surface area contributed by atoms with Crippen LogP contribution in [0.25, 0.3) is 22.8 Å². The minimum Gasteiger partial charge on any atom is -0.508 e. The van der Waals surface area contributed by atoms with Crippen molar-refractivity contribution in [3.8, 4) is 28.6 Å². The summed E-state index contributed by atoms with van der Waals surface area (Å²) in [7, 11) is 0. The number of rotatable bonds is 4. The predicted molar refractivity (Wildman–Crippen MR) is 85.4 cm³/mol. The van der Waals surface area contributed by atoms with E-state index in [1.807, 2.05) is 12.1 Å². The molecule has 0 fully saturated rings. The molecule has 0 aliphatic carbocycles. The Bertz CT molecular complexity index is 744. The Morgan fingerprint density at radius 3 is 2.23 bits per heavy atom. The van der Waals surface area contributed by atoms with Crippen molar-refractivity contribution >= 4 is 0 Å². The molecule has 1 N–H and O–H groups in total. The lowest BCUT2D eigenvalue weighted by molar-refractivity contribution is 0.432. The van der Waals surface area contributed by atoms with Crippen molar-refractivity contribution in [1.82, 2.24) is 10.1 Å². The lowest BCUT2D eigenvalue weighted by atomic mass is 10.0. The van der Waals surface area contributed by atoms with Gasteiger partial charge in [-0.1, -0.05) is 31.1 Å². The number of benzene rings is 2. The van der Waals surface area contributed by atoms with Crippen LogP contribution in [0.3, 0.4) is 0 Å². The van der Waals surface area contributed by atoms with Crippen molar-refractivity contribution < 1.29 is 9.63 Å². The first-order chi connectivity index (χ1) is 10.6. The van der Waals surface area contributed by atoms with E-state index in [0.29, 0.717) is 17.6 Å². The molecular formula is C18H18N2O2. The van der Waals surface area contributed by atoms with Crippen molar-refractivity contribution in [2.75, 3.05) is 0 Å². The molecule has 0 aliphatic rings. The first-order valence-corrected chi connectivity index (χ1v) is 7.34. The van der Waals surface area contributed by atoms with Crippen molar-refractivity contribution in [3.05, 3.63) is 54.1 Å². The molecular weight excluding hydrogens is 276 g/mol. The van der Waals surface area contributed by atoms with Crippen molar-refractivity contribution in [2.45, 2.75) is 20.3 Å². The second kappa shape index (κ2) is 6.02. The molecule has 3 aromatic rings. The minimum atomic E-state index is 0.216. The van der Waals surface area contributed by atoms with Crippen molar-refractivity contribution in [3.63, 3.8) is 0 Å². The Hall–Kier alpha value is -2.62. The van der Waals surface area contributed by atoms with E-state index in [1.54, 1.807) is 24.3 Å². The van der Waals surface area contributed by atoms with Gasteiger partial charge in [-0.2, -0.15) is 4.98 Å². The number of phenols is 1. The van der Waals surface area contributed by atoms with Crippen LogP contribution in [-0.4, -0.2) is 15.2 Å². The molecule has 0 aliphatic heterocycles. The molecule has 1 aromatic heterocycles. The highest BCUT2D eigenvalue weighted by atomic mass is 16.5. The van der Waals surface area contributed by atoms with Crippen LogP contribution in [0.1, 0.15) is 19.4 Å². The average molecular weight is 294 g/mol. The quantitative estimate of drug-likeness (QED) is 0.779. The van der Waals surface area contributed by atoms with Crippen LogP contribution in [0.15, 0.2) is 53.1 Å². The molecule has 0 bridgehead atoms. The standard InChI is InChI=1S/C18H18N2O2/c1-12(2)11-13-3-5-15(6-4-13)18-19-17(20-22-18)14-7-9-16(21)10-8-14/h3-10,12,21H,11H2,1-2H3. The van der Waals surface area contributed by atoms with Gasteiger partial charge in [-0.3, -0.25) is 0 Å². The number of phenolic OH excluding ortho intramolecular Hbond substituents is 1. The molecule has 0 unspecified atom stereocenters. The van der Waals surface area contributed by atoms with E-state index in [4.69, 9.17) is 4.52 Å². The number of aromatic nitrogens is 2. The smallest absolute Gasteiger partial charge is 0.258 e. The van der Waals surface area contributed by atoms with Crippen LogP contribution in [0.4, 0.5) is 0 Å². The Labute approximate surface area is 129 Å². The number of aromatic hydroxyl groups is 1. The predicted octanol–water partition coefficient (Wildman–Crippen LogP) is 4.31. The van der Waals surface area contributed by atoms with Crippen LogP contribution in [0, 0.1) is 5.92 Å². The Morgan fingerprint density at radius 2 is 1.59 bits per heavy atom. The summed E-state index contributed by atoms with van der Waals surface area (Å²) in [5.74, 6) is 1.86. The molecule has 3 rings (SSSR count). The first kappa shape index (κ1) is 14.3. The fourth-order valence-corrected chi connectivity index (χ4v) is 2.32. The van der Waals surface area contributed by atoms with E-state index in [2.05, 4.69) is 36.1 Å². The lowest BCUT2D eigenvalue weighted by Gasteiger charge is -2.04. The van der Waals surface area contributed by atoms with E-state index in [-0.39, 0.29) is 5.75 Å². The molecule has 0 saturated heterocycles. The topological polar surface area (TPSA) is 59.2 Å². The van der Waals surface area contributed by atoms with Crippen LogP contribution < -0.4 is 0 Å². The largest absolute Gasteiger partial charge is 0.508 e. The maximum Gasteiger partial charge on any atom is 0.258 e. The van der Waals surface area contributed by atoms with E-state index in [0.717, 1.165) is 17.5 Å². The van der Waals surface area contributed by atoms with E-state index in [1.165, 1.54) is 5.56 Å². The third kappa shape index (κ3) is 3.17. The summed E-state index contributed by atoms with van der Waals surface area (Å²) >= 11 is 0. The molecule has 4 heteroatoms. The van der Waals surface area contributed by atoms with Crippen molar-refractivity contribution in [2.24, 2.45) is 5.92 Å². The van der Waals surface area contributed by atoms with Crippen LogP contribution in [0.5, 0.6) is 5.75 Å². The molecule has 2 aromatic carbocycles. The molecule has 0 spiro atoms. The van der Waals surface area contributed by atoms with E-state index >= 15 is 0 Å². The molecule has 1 heterocycles. The van der Waals surface area contributed by atoms with Gasteiger partial charge < -0.3 is 9.63 Å². The van der Waals surface area contributed by atoms with Gasteiger partial charge in [-0.25, -0.2) is 0 Å². The van der Waals surface area contributed by atoms with E-state index in [9.17, 15) is 5.11 Å². The molecule has 0 radical (unpaired) electrons. The summed E-state index contributed by atoms with van der Waals surface area (Å²) in [4.78, 5) is 4.41. The van der Waals surface area contributed by atoms with Gasteiger partial charge >= 0.3 is 0 Å². The monoisotopic (exact) mass is 294 g/mol. The number of nitrogens with zero attached hydrogens (tertiary/aromatic N) is 2. The first-order valence-electron chi connectivity index (χ1n) is 7.34. The highest BCUT2D eigenvalue weighted by molar-refractivity contribution is 5.60. The zero-order valence-electron chi connectivity index (χ0n) is 12.7. The Balaban J connectivity index is 1.82. The van der Waals surface area contributed by atoms with Crippen molar-refractivity contribution in [1.29, 1.82) is 0 Å². The fourth-order valence-electron chi connectivity index (χ4n) is 2.32. The van der Waals surface area contributed by atoms with Gasteiger partial charge in [0.25, 0.3) is 5.89 Å². The molecule has 0 amide bonds. The maximum absolute atomic E-state index is 9.31. The number of hydrogen-bond acceptors (Lipinski definition) is 4. The van der Waals surface area contributed by atoms with Gasteiger partial charge in [0.15, 0.2) is 0 Å². The summed E-state index contributed by atoms with van der Waals surface area (Å²) in [5.41, 5.74) is 3.02. The lowest BCUT2D eigenvalue weighted by Crippen LogP contribution is -1.93. The maximum atomic E-state index is 9.31. The molecule has 22 heavy (non-hydrogen) atoms. The highest BCUT2D eigenvalue weighted by Crippen LogP contribution is 2.24. The molecule has 112 valence electrons. The van der Waals surface area contributed by atoms with Gasteiger partial charge in [-0.15, -0.1) is 0 Å². The third-order valence-electron chi connectivity index (χ3n) is 3.40. The molecule has 0 saturated carbocycles. The van der Waals surface area contributed by atoms with Crippen LogP contribution in [0.2, 0.25) is 0 Å². The summed E-state index contributed by atoms with van der Waals surface area (Å²) in [5, 5.41) is 13.3. The van der Waals surface area contributed by atoms with E-state index < -0.39 is 0 Å². The molecule has 4 nitrogen and oxygen atoms in total. The van der Waals surface area contributed by atoms with Gasteiger partial charge in [0, 0.05) is 11.1 Å². The van der Waals surface area contributed by atoms with Crippen LogP contribution >= 0.6 is 0 Å². The summed E-state index contributed by atoms with van der Waals surface area (Å²) in [6.45, 7) is 4.41. The second-order valence-corrected chi connectivity index (χ2v) is 5.76. The summed E-state index contributed by atoms with van der Waals surface area (Å²) in [6, 6.07) is 14.9. The highest BCUT2D eigenvalue weighted by Gasteiger charge is 2.10. The molecule has 0 atom stereocenters. The van der Waals surface area contributed by atoms with Gasteiger partial charge in [-0.05, 0) is 54.3 Å². The van der Waals surface area contributed by atoms with Gasteiger partial charge in [0.1, 0.15) is 5.75 Å². The number of hydrogen-bond donors (Lipinski definition) is 1. The van der Waals surface area contributed by atoms with Gasteiger partial charge in [0.2, 0.25) is 5.82 Å². The summed E-state index contributed by atoms with van der Waals surface area (Å²) < 4.78 is 5.33. The summed E-state index contributed by atoms with van der Waals surface area (Å²) in [6.07, 6.45) is 1.06.